The van der Waals surface area contributed by atoms with E-state index in [4.69, 9.17) is 4.74 Å². The van der Waals surface area contributed by atoms with E-state index in [0.717, 1.165) is 18.3 Å². The molecule has 0 aliphatic rings. The van der Waals surface area contributed by atoms with Gasteiger partial charge in [0.05, 0.1) is 0 Å². The average Bonchev–Trinajstić information content (AvgIpc) is 2.21. The van der Waals surface area contributed by atoms with Gasteiger partial charge in [-0.25, -0.2) is 0 Å². The zero-order valence-corrected chi connectivity index (χ0v) is 7.77. The lowest BCUT2D eigenvalue weighted by Gasteiger charge is -2.08. The van der Waals surface area contributed by atoms with Crippen LogP contribution in [0.15, 0.2) is 30.3 Å². The van der Waals surface area contributed by atoms with Crippen LogP contribution in [0.4, 0.5) is 0 Å². The van der Waals surface area contributed by atoms with Crippen LogP contribution in [-0.2, 0) is 9.53 Å². The first-order valence-electron chi connectivity index (χ1n) is 4.37. The minimum Gasteiger partial charge on any atom is -0.385 e. The van der Waals surface area contributed by atoms with Gasteiger partial charge in [0.25, 0.3) is 0 Å². The summed E-state index contributed by atoms with van der Waals surface area (Å²) >= 11 is 0. The van der Waals surface area contributed by atoms with Crippen molar-refractivity contribution in [3.05, 3.63) is 35.9 Å². The molecule has 70 valence electrons. The second kappa shape index (κ2) is 5.49. The molecule has 1 atom stereocenters. The number of carbonyl (C=O) groups is 1. The van der Waals surface area contributed by atoms with Gasteiger partial charge in [-0.1, -0.05) is 30.3 Å². The fraction of sp³-hybridized carbons (Fsp3) is 0.364. The third kappa shape index (κ3) is 2.99. The van der Waals surface area contributed by atoms with Crippen LogP contribution in [0.1, 0.15) is 17.9 Å². The van der Waals surface area contributed by atoms with Crippen molar-refractivity contribution in [2.24, 2.45) is 0 Å². The van der Waals surface area contributed by atoms with Gasteiger partial charge in [0.2, 0.25) is 0 Å². The SMILES string of the molecule is COCCC(C=O)c1ccccc1. The largest absolute Gasteiger partial charge is 0.385 e. The minimum atomic E-state index is -0.0267. The number of benzene rings is 1. The maximum absolute atomic E-state index is 10.8. The van der Waals surface area contributed by atoms with Crippen molar-refractivity contribution in [3.8, 4) is 0 Å². The van der Waals surface area contributed by atoms with Crippen LogP contribution in [0, 0.1) is 0 Å². The zero-order chi connectivity index (χ0) is 9.52. The van der Waals surface area contributed by atoms with Crippen LogP contribution in [0.25, 0.3) is 0 Å². The highest BCUT2D eigenvalue weighted by atomic mass is 16.5. The topological polar surface area (TPSA) is 26.3 Å². The van der Waals surface area contributed by atoms with E-state index in [1.165, 1.54) is 0 Å². The highest BCUT2D eigenvalue weighted by Crippen LogP contribution is 2.16. The lowest BCUT2D eigenvalue weighted by Crippen LogP contribution is -2.03. The molecular weight excluding hydrogens is 164 g/mol. The van der Waals surface area contributed by atoms with E-state index in [2.05, 4.69) is 0 Å². The first-order chi connectivity index (χ1) is 6.38. The van der Waals surface area contributed by atoms with Gasteiger partial charge in [0.1, 0.15) is 6.29 Å². The van der Waals surface area contributed by atoms with Crippen LogP contribution in [-0.4, -0.2) is 20.0 Å². The Morgan fingerprint density at radius 1 is 1.38 bits per heavy atom. The smallest absolute Gasteiger partial charge is 0.127 e. The highest BCUT2D eigenvalue weighted by Gasteiger charge is 2.08. The Balaban J connectivity index is 2.61. The number of rotatable bonds is 5. The molecule has 0 N–H and O–H groups in total. The second-order valence-electron chi connectivity index (χ2n) is 2.93. The fourth-order valence-electron chi connectivity index (χ4n) is 1.26. The molecule has 2 nitrogen and oxygen atoms in total. The molecule has 0 bridgehead atoms. The predicted octanol–water partition coefficient (Wildman–Crippen LogP) is 2.01. The monoisotopic (exact) mass is 178 g/mol. The molecule has 0 radical (unpaired) electrons. The van der Waals surface area contributed by atoms with E-state index in [0.29, 0.717) is 6.61 Å². The van der Waals surface area contributed by atoms with Gasteiger partial charge in [-0.15, -0.1) is 0 Å². The molecule has 0 amide bonds. The highest BCUT2D eigenvalue weighted by molar-refractivity contribution is 5.61. The standard InChI is InChI=1S/C11H14O2/c1-13-8-7-11(9-12)10-5-3-2-4-6-10/h2-6,9,11H,7-8H2,1H3. The Hall–Kier alpha value is -1.15. The van der Waals surface area contributed by atoms with Crippen molar-refractivity contribution in [3.63, 3.8) is 0 Å². The molecule has 1 rings (SSSR count). The van der Waals surface area contributed by atoms with E-state index >= 15 is 0 Å². The van der Waals surface area contributed by atoms with Crippen LogP contribution >= 0.6 is 0 Å². The Labute approximate surface area is 78.5 Å². The van der Waals surface area contributed by atoms with Gasteiger partial charge in [0.15, 0.2) is 0 Å². The van der Waals surface area contributed by atoms with Gasteiger partial charge in [-0.2, -0.15) is 0 Å². The summed E-state index contributed by atoms with van der Waals surface area (Å²) in [5.41, 5.74) is 1.06. The number of aldehydes is 1. The summed E-state index contributed by atoms with van der Waals surface area (Å²) in [6, 6.07) is 9.77. The van der Waals surface area contributed by atoms with Crippen LogP contribution in [0.3, 0.4) is 0 Å². The molecule has 0 aliphatic carbocycles. The van der Waals surface area contributed by atoms with Gasteiger partial charge < -0.3 is 9.53 Å². The van der Waals surface area contributed by atoms with Crippen molar-refractivity contribution in [2.75, 3.05) is 13.7 Å². The number of carbonyl (C=O) groups excluding carboxylic acids is 1. The van der Waals surface area contributed by atoms with Crippen LogP contribution < -0.4 is 0 Å². The summed E-state index contributed by atoms with van der Waals surface area (Å²) in [7, 11) is 1.65. The molecule has 0 heterocycles. The van der Waals surface area contributed by atoms with Crippen molar-refractivity contribution in [1.82, 2.24) is 0 Å². The van der Waals surface area contributed by atoms with Crippen LogP contribution in [0.5, 0.6) is 0 Å². The van der Waals surface area contributed by atoms with E-state index < -0.39 is 0 Å². The molecule has 1 unspecified atom stereocenters. The number of hydrogen-bond acceptors (Lipinski definition) is 2. The molecular formula is C11H14O2. The predicted molar refractivity (Wildman–Crippen MR) is 51.7 cm³/mol. The maximum Gasteiger partial charge on any atom is 0.127 e. The lowest BCUT2D eigenvalue weighted by molar-refractivity contribution is -0.109. The second-order valence-corrected chi connectivity index (χ2v) is 2.93. The van der Waals surface area contributed by atoms with Gasteiger partial charge in [-0.05, 0) is 12.0 Å². The first-order valence-corrected chi connectivity index (χ1v) is 4.37. The fourth-order valence-corrected chi connectivity index (χ4v) is 1.26. The van der Waals surface area contributed by atoms with Crippen LogP contribution in [0.2, 0.25) is 0 Å². The summed E-state index contributed by atoms with van der Waals surface area (Å²) in [4.78, 5) is 10.8. The van der Waals surface area contributed by atoms with E-state index in [-0.39, 0.29) is 5.92 Å². The molecule has 0 fully saturated rings. The molecule has 0 aliphatic heterocycles. The maximum atomic E-state index is 10.8. The van der Waals surface area contributed by atoms with Crippen molar-refractivity contribution < 1.29 is 9.53 Å². The Morgan fingerprint density at radius 2 is 2.08 bits per heavy atom. The van der Waals surface area contributed by atoms with Crippen molar-refractivity contribution >= 4 is 6.29 Å². The molecule has 0 saturated carbocycles. The average molecular weight is 178 g/mol. The zero-order valence-electron chi connectivity index (χ0n) is 7.77. The number of ether oxygens (including phenoxy) is 1. The summed E-state index contributed by atoms with van der Waals surface area (Å²) in [6.07, 6.45) is 1.73. The summed E-state index contributed by atoms with van der Waals surface area (Å²) in [5.74, 6) is -0.0267. The summed E-state index contributed by atoms with van der Waals surface area (Å²) < 4.78 is 4.94. The molecule has 13 heavy (non-hydrogen) atoms. The van der Waals surface area contributed by atoms with Gasteiger partial charge >= 0.3 is 0 Å². The summed E-state index contributed by atoms with van der Waals surface area (Å²) in [5, 5.41) is 0. The number of methoxy groups -OCH3 is 1. The van der Waals surface area contributed by atoms with E-state index in [1.807, 2.05) is 30.3 Å². The molecule has 0 spiro atoms. The third-order valence-electron chi connectivity index (χ3n) is 2.02. The molecule has 2 heteroatoms. The van der Waals surface area contributed by atoms with E-state index in [9.17, 15) is 4.79 Å². The number of hydrogen-bond donors (Lipinski definition) is 0. The summed E-state index contributed by atoms with van der Waals surface area (Å²) in [6.45, 7) is 0.623. The van der Waals surface area contributed by atoms with Gasteiger partial charge in [0, 0.05) is 19.6 Å². The Bertz CT molecular complexity index is 244. The van der Waals surface area contributed by atoms with E-state index in [1.54, 1.807) is 7.11 Å². The molecule has 1 aromatic rings. The van der Waals surface area contributed by atoms with Crippen molar-refractivity contribution in [1.29, 1.82) is 0 Å². The quantitative estimate of drug-likeness (QED) is 0.645. The molecule has 0 aromatic heterocycles. The van der Waals surface area contributed by atoms with Gasteiger partial charge in [-0.3, -0.25) is 0 Å². The minimum absolute atomic E-state index is 0.0267. The molecule has 1 aromatic carbocycles. The molecule has 0 saturated heterocycles. The third-order valence-corrected chi connectivity index (χ3v) is 2.02. The Morgan fingerprint density at radius 3 is 2.62 bits per heavy atom. The van der Waals surface area contributed by atoms with Crippen molar-refractivity contribution in [2.45, 2.75) is 12.3 Å². The first kappa shape index (κ1) is 9.93. The Kier molecular flexibility index (Phi) is 4.19. The lowest BCUT2D eigenvalue weighted by atomic mass is 9.98. The normalized spacial score (nSPS) is 12.4.